The van der Waals surface area contributed by atoms with Crippen LogP contribution in [0.2, 0.25) is 0 Å². The third-order valence-corrected chi connectivity index (χ3v) is 6.68. The molecule has 1 aliphatic rings. The van der Waals surface area contributed by atoms with Crippen molar-refractivity contribution in [2.45, 2.75) is 75.7 Å². The van der Waals surface area contributed by atoms with Crippen LogP contribution in [-0.2, 0) is 30.4 Å². The van der Waals surface area contributed by atoms with Gasteiger partial charge in [0.2, 0.25) is 23.6 Å². The van der Waals surface area contributed by atoms with Gasteiger partial charge in [0.15, 0.2) is 0 Å². The largest absolute Gasteiger partial charge is 0.508 e. The van der Waals surface area contributed by atoms with Crippen molar-refractivity contribution >= 4 is 29.6 Å². The number of rotatable bonds is 15. The van der Waals surface area contributed by atoms with E-state index in [1.54, 1.807) is 12.1 Å². The minimum Gasteiger partial charge on any atom is -0.508 e. The van der Waals surface area contributed by atoms with E-state index in [9.17, 15) is 39.3 Å². The topological polar surface area (TPSA) is 237 Å². The van der Waals surface area contributed by atoms with Crippen LogP contribution in [0.15, 0.2) is 24.3 Å². The number of carboxylic acid groups (broad SMARTS) is 1. The summed E-state index contributed by atoms with van der Waals surface area (Å²) in [6.45, 7) is 1.22. The van der Waals surface area contributed by atoms with E-state index in [4.69, 9.17) is 11.5 Å². The zero-order chi connectivity index (χ0) is 29.8. The second-order valence-corrected chi connectivity index (χ2v) is 9.82. The highest BCUT2D eigenvalue weighted by Gasteiger charge is 2.39. The Hall–Kier alpha value is -3.75. The lowest BCUT2D eigenvalue weighted by Gasteiger charge is -2.29. The van der Waals surface area contributed by atoms with E-state index in [1.165, 1.54) is 24.0 Å². The molecule has 5 atom stereocenters. The van der Waals surface area contributed by atoms with Gasteiger partial charge in [0, 0.05) is 6.54 Å². The molecule has 0 unspecified atom stereocenters. The summed E-state index contributed by atoms with van der Waals surface area (Å²) in [6, 6.07) is 0.615. The Morgan fingerprint density at radius 2 is 1.70 bits per heavy atom. The van der Waals surface area contributed by atoms with Gasteiger partial charge in [-0.3, -0.25) is 19.2 Å². The molecule has 1 saturated heterocycles. The van der Waals surface area contributed by atoms with Crippen molar-refractivity contribution in [3.05, 3.63) is 29.8 Å². The first-order valence-corrected chi connectivity index (χ1v) is 13.3. The van der Waals surface area contributed by atoms with Crippen LogP contribution in [0.4, 0.5) is 0 Å². The number of hydrogen-bond donors (Lipinski definition) is 8. The van der Waals surface area contributed by atoms with Crippen LogP contribution in [0.5, 0.6) is 5.75 Å². The predicted octanol–water partition coefficient (Wildman–Crippen LogP) is -2.07. The molecule has 0 aliphatic carbocycles. The van der Waals surface area contributed by atoms with Crippen molar-refractivity contribution in [2.75, 3.05) is 19.7 Å². The number of aliphatic carboxylic acids is 1. The van der Waals surface area contributed by atoms with Crippen LogP contribution in [0.1, 0.15) is 44.6 Å². The van der Waals surface area contributed by atoms with E-state index < -0.39 is 66.4 Å². The summed E-state index contributed by atoms with van der Waals surface area (Å²) in [5.41, 5.74) is 12.1. The molecule has 4 amide bonds. The number of aliphatic hydroxyl groups excluding tert-OH is 1. The molecule has 10 N–H and O–H groups in total. The van der Waals surface area contributed by atoms with Gasteiger partial charge in [0.25, 0.3) is 0 Å². The van der Waals surface area contributed by atoms with E-state index in [1.807, 2.05) is 0 Å². The molecule has 0 bridgehead atoms. The number of carboxylic acids is 1. The summed E-state index contributed by atoms with van der Waals surface area (Å²) in [4.78, 5) is 64.0. The molecule has 1 aliphatic heterocycles. The van der Waals surface area contributed by atoms with Gasteiger partial charge in [-0.25, -0.2) is 4.79 Å². The van der Waals surface area contributed by atoms with Crippen LogP contribution < -0.4 is 27.4 Å². The van der Waals surface area contributed by atoms with Gasteiger partial charge in [-0.15, -0.1) is 0 Å². The highest BCUT2D eigenvalue weighted by molar-refractivity contribution is 5.95. The number of nitrogens with two attached hydrogens (primary N) is 2. The molecular formula is C26H40N6O8. The number of amides is 4. The van der Waals surface area contributed by atoms with E-state index in [-0.39, 0.29) is 25.1 Å². The van der Waals surface area contributed by atoms with E-state index in [0.717, 1.165) is 0 Å². The Morgan fingerprint density at radius 3 is 2.30 bits per heavy atom. The summed E-state index contributed by atoms with van der Waals surface area (Å²) in [6.07, 6.45) is 2.24. The fourth-order valence-electron chi connectivity index (χ4n) is 4.37. The molecule has 2 rings (SSSR count). The molecule has 1 fully saturated rings. The molecule has 0 spiro atoms. The Morgan fingerprint density at radius 1 is 1.02 bits per heavy atom. The number of phenolic OH excluding ortho intramolecular Hbond substituents is 1. The average Bonchev–Trinajstić information content (AvgIpc) is 3.42. The van der Waals surface area contributed by atoms with Crippen LogP contribution in [0.3, 0.4) is 0 Å². The van der Waals surface area contributed by atoms with Crippen LogP contribution in [0.25, 0.3) is 0 Å². The molecule has 14 heteroatoms. The van der Waals surface area contributed by atoms with Gasteiger partial charge in [-0.1, -0.05) is 12.1 Å². The summed E-state index contributed by atoms with van der Waals surface area (Å²) in [5, 5.41) is 36.0. The number of hydrogen-bond acceptors (Lipinski definition) is 9. The highest BCUT2D eigenvalue weighted by atomic mass is 16.4. The molecule has 0 radical (unpaired) electrons. The molecule has 0 aromatic heterocycles. The van der Waals surface area contributed by atoms with Gasteiger partial charge in [0.1, 0.15) is 29.9 Å². The van der Waals surface area contributed by atoms with Crippen molar-refractivity contribution in [2.24, 2.45) is 11.5 Å². The molecule has 222 valence electrons. The summed E-state index contributed by atoms with van der Waals surface area (Å²) in [5.74, 6) is -3.81. The van der Waals surface area contributed by atoms with Crippen LogP contribution in [0, 0.1) is 0 Å². The SMILES string of the molecule is C[C@H](NC(=O)[C@@H](N)Cc1ccc(O)cc1)C(=O)N[C@@H](CO)C(=O)N1CCC[C@H]1C(=O)N[C@@H](CCCCN)C(=O)O. The first-order valence-electron chi connectivity index (χ1n) is 13.3. The molecule has 0 saturated carbocycles. The number of nitrogens with zero attached hydrogens (tertiary/aromatic N) is 1. The molecule has 1 heterocycles. The van der Waals surface area contributed by atoms with E-state index >= 15 is 0 Å². The number of likely N-dealkylation sites (tertiary alicyclic amines) is 1. The van der Waals surface area contributed by atoms with Crippen molar-refractivity contribution in [1.29, 1.82) is 0 Å². The molecule has 14 nitrogen and oxygen atoms in total. The van der Waals surface area contributed by atoms with E-state index in [2.05, 4.69) is 16.0 Å². The minimum atomic E-state index is -1.38. The number of unbranched alkanes of at least 4 members (excludes halogenated alkanes) is 1. The first kappa shape index (κ1) is 32.5. The maximum absolute atomic E-state index is 13.2. The lowest BCUT2D eigenvalue weighted by atomic mass is 10.1. The number of carbonyl (C=O) groups excluding carboxylic acids is 4. The average molecular weight is 565 g/mol. The second kappa shape index (κ2) is 15.7. The number of nitrogens with one attached hydrogen (secondary N) is 3. The fraction of sp³-hybridized carbons (Fsp3) is 0.577. The van der Waals surface area contributed by atoms with Gasteiger partial charge in [0.05, 0.1) is 12.6 Å². The standard InChI is InChI=1S/C26H40N6O8/c1-15(29-23(36)18(28)13-16-7-9-17(34)10-8-16)22(35)31-20(14-33)25(38)32-12-4-6-21(32)24(37)30-19(26(39)40)5-2-3-11-27/h7-10,15,18-21,33-34H,2-6,11-14,27-28H2,1H3,(H,29,36)(H,30,37)(H,31,35)(H,39,40)/t15-,18-,19-,20-,21-/m0/s1. The Labute approximate surface area is 232 Å². The van der Waals surface area contributed by atoms with E-state index in [0.29, 0.717) is 37.8 Å². The number of carbonyl (C=O) groups is 5. The molecule has 1 aromatic carbocycles. The van der Waals surface area contributed by atoms with Gasteiger partial charge < -0.3 is 47.6 Å². The fourth-order valence-corrected chi connectivity index (χ4v) is 4.37. The number of aromatic hydroxyl groups is 1. The first-order chi connectivity index (χ1) is 19.0. The Bertz CT molecular complexity index is 1040. The predicted molar refractivity (Wildman–Crippen MR) is 144 cm³/mol. The van der Waals surface area contributed by atoms with Crippen LogP contribution >= 0.6 is 0 Å². The summed E-state index contributed by atoms with van der Waals surface area (Å²) in [7, 11) is 0. The summed E-state index contributed by atoms with van der Waals surface area (Å²) < 4.78 is 0. The second-order valence-electron chi connectivity index (χ2n) is 9.82. The van der Waals surface area contributed by atoms with Gasteiger partial charge >= 0.3 is 5.97 Å². The van der Waals surface area contributed by atoms with Gasteiger partial charge in [-0.2, -0.15) is 0 Å². The Balaban J connectivity index is 1.95. The number of aliphatic hydroxyl groups is 1. The van der Waals surface area contributed by atoms with Crippen molar-refractivity contribution in [3.8, 4) is 5.75 Å². The molecular weight excluding hydrogens is 524 g/mol. The van der Waals surface area contributed by atoms with Crippen molar-refractivity contribution in [1.82, 2.24) is 20.9 Å². The Kier molecular flexibility index (Phi) is 12.8. The maximum Gasteiger partial charge on any atom is 0.326 e. The van der Waals surface area contributed by atoms with Gasteiger partial charge in [-0.05, 0) is 69.7 Å². The molecule has 40 heavy (non-hydrogen) atoms. The summed E-state index contributed by atoms with van der Waals surface area (Å²) >= 11 is 0. The van der Waals surface area contributed by atoms with Crippen molar-refractivity contribution in [3.63, 3.8) is 0 Å². The van der Waals surface area contributed by atoms with Crippen LogP contribution in [-0.4, -0.2) is 99.7 Å². The lowest BCUT2D eigenvalue weighted by Crippen LogP contribution is -2.58. The number of phenols is 1. The third kappa shape index (κ3) is 9.47. The lowest BCUT2D eigenvalue weighted by molar-refractivity contribution is -0.145. The normalized spacial score (nSPS) is 17.8. The maximum atomic E-state index is 13.2. The zero-order valence-electron chi connectivity index (χ0n) is 22.5. The monoisotopic (exact) mass is 564 g/mol. The quantitative estimate of drug-likeness (QED) is 0.108. The highest BCUT2D eigenvalue weighted by Crippen LogP contribution is 2.19. The molecule has 1 aromatic rings. The third-order valence-electron chi connectivity index (χ3n) is 6.68. The van der Waals surface area contributed by atoms with Crippen molar-refractivity contribution < 1.29 is 39.3 Å². The smallest absolute Gasteiger partial charge is 0.326 e. The zero-order valence-corrected chi connectivity index (χ0v) is 22.5. The number of benzene rings is 1. The minimum absolute atomic E-state index is 0.0729.